The Balaban J connectivity index is 2.86. The van der Waals surface area contributed by atoms with E-state index in [1.54, 1.807) is 19.1 Å². The van der Waals surface area contributed by atoms with Gasteiger partial charge in [0, 0.05) is 6.42 Å². The van der Waals surface area contributed by atoms with Gasteiger partial charge >= 0.3 is 5.97 Å². The smallest absolute Gasteiger partial charge is 0.338 e. The molecule has 0 spiro atoms. The maximum Gasteiger partial charge on any atom is 0.338 e. The van der Waals surface area contributed by atoms with Crippen LogP contribution in [0.25, 0.3) is 0 Å². The lowest BCUT2D eigenvalue weighted by Gasteiger charge is -2.07. The Morgan fingerprint density at radius 3 is 2.59 bits per heavy atom. The Labute approximate surface area is 109 Å². The van der Waals surface area contributed by atoms with Gasteiger partial charge in [0.05, 0.1) is 17.5 Å². The molecule has 0 radical (unpaired) electrons. The van der Waals surface area contributed by atoms with Crippen LogP contribution in [0.15, 0.2) is 18.2 Å². The van der Waals surface area contributed by atoms with Crippen LogP contribution < -0.4 is 0 Å². The third-order valence-electron chi connectivity index (χ3n) is 2.39. The number of hydrogen-bond acceptors (Lipinski definition) is 3. The van der Waals surface area contributed by atoms with Crippen LogP contribution in [-0.2, 0) is 16.0 Å². The molecule has 1 aromatic rings. The Hall–Kier alpha value is -1.16. The molecular formula is C13H15BrO3. The van der Waals surface area contributed by atoms with Crippen molar-refractivity contribution in [2.45, 2.75) is 20.3 Å². The molecule has 4 heteroatoms. The molecule has 0 atom stereocenters. The highest BCUT2D eigenvalue weighted by Gasteiger charge is 2.10. The molecule has 0 bridgehead atoms. The summed E-state index contributed by atoms with van der Waals surface area (Å²) >= 11 is 3.13. The summed E-state index contributed by atoms with van der Waals surface area (Å²) in [5.74, 6) is -0.203. The molecule has 0 heterocycles. The minimum absolute atomic E-state index is 0.122. The van der Waals surface area contributed by atoms with Gasteiger partial charge in [0.25, 0.3) is 0 Å². The number of carbonyl (C=O) groups excluding carboxylic acids is 2. The molecule has 3 nitrogen and oxygen atoms in total. The van der Waals surface area contributed by atoms with Crippen LogP contribution in [-0.4, -0.2) is 23.7 Å². The van der Waals surface area contributed by atoms with E-state index in [-0.39, 0.29) is 11.8 Å². The zero-order valence-electron chi connectivity index (χ0n) is 9.96. The minimum atomic E-state index is -0.325. The molecule has 0 aromatic heterocycles. The molecule has 0 N–H and O–H groups in total. The van der Waals surface area contributed by atoms with Gasteiger partial charge in [-0.2, -0.15) is 0 Å². The Bertz CT molecular complexity index is 427. The first-order chi connectivity index (χ1) is 8.08. The van der Waals surface area contributed by atoms with Crippen LogP contribution in [0.2, 0.25) is 0 Å². The first-order valence-electron chi connectivity index (χ1n) is 5.42. The summed E-state index contributed by atoms with van der Waals surface area (Å²) in [6, 6.07) is 5.26. The van der Waals surface area contributed by atoms with Crippen molar-refractivity contribution < 1.29 is 14.3 Å². The fourth-order valence-corrected chi connectivity index (χ4v) is 1.69. The van der Waals surface area contributed by atoms with Gasteiger partial charge in [0.2, 0.25) is 0 Å². The van der Waals surface area contributed by atoms with Gasteiger partial charge in [-0.3, -0.25) is 4.79 Å². The summed E-state index contributed by atoms with van der Waals surface area (Å²) < 4.78 is 4.91. The van der Waals surface area contributed by atoms with Gasteiger partial charge < -0.3 is 4.74 Å². The van der Waals surface area contributed by atoms with E-state index in [1.807, 2.05) is 13.0 Å². The van der Waals surface area contributed by atoms with E-state index in [0.717, 1.165) is 11.1 Å². The lowest BCUT2D eigenvalue weighted by atomic mass is 10.0. The first kappa shape index (κ1) is 13.9. The second kappa shape index (κ2) is 6.55. The molecule has 0 aliphatic carbocycles. The lowest BCUT2D eigenvalue weighted by molar-refractivity contribution is -0.115. The van der Waals surface area contributed by atoms with Gasteiger partial charge in [0.15, 0.2) is 0 Å². The molecule has 0 fully saturated rings. The maximum atomic E-state index is 11.5. The SMILES string of the molecule is CCOC(=O)c1ccc(CC(=O)CBr)c(C)c1. The molecule has 0 amide bonds. The van der Waals surface area contributed by atoms with E-state index < -0.39 is 0 Å². The Kier molecular flexibility index (Phi) is 5.35. The second-order valence-electron chi connectivity index (χ2n) is 3.71. The molecule has 17 heavy (non-hydrogen) atoms. The molecular weight excluding hydrogens is 284 g/mol. The predicted molar refractivity (Wildman–Crippen MR) is 69.6 cm³/mol. The summed E-state index contributed by atoms with van der Waals surface area (Å²) in [6.07, 6.45) is 0.389. The molecule has 0 saturated heterocycles. The number of halogens is 1. The highest BCUT2D eigenvalue weighted by atomic mass is 79.9. The van der Waals surface area contributed by atoms with Crippen LogP contribution in [0.3, 0.4) is 0 Å². The fraction of sp³-hybridized carbons (Fsp3) is 0.385. The molecule has 1 aromatic carbocycles. The van der Waals surface area contributed by atoms with Crippen molar-refractivity contribution in [3.05, 3.63) is 34.9 Å². The minimum Gasteiger partial charge on any atom is -0.462 e. The largest absolute Gasteiger partial charge is 0.462 e. The zero-order valence-corrected chi connectivity index (χ0v) is 11.5. The third kappa shape index (κ3) is 3.97. The van der Waals surface area contributed by atoms with Crippen LogP contribution in [0.5, 0.6) is 0 Å². The number of rotatable bonds is 5. The molecule has 0 unspecified atom stereocenters. The topological polar surface area (TPSA) is 43.4 Å². The van der Waals surface area contributed by atoms with Crippen LogP contribution >= 0.6 is 15.9 Å². The number of ether oxygens (including phenoxy) is 1. The lowest BCUT2D eigenvalue weighted by Crippen LogP contribution is -2.08. The monoisotopic (exact) mass is 298 g/mol. The van der Waals surface area contributed by atoms with E-state index >= 15 is 0 Å². The van der Waals surface area contributed by atoms with Crippen molar-refractivity contribution in [1.29, 1.82) is 0 Å². The highest BCUT2D eigenvalue weighted by Crippen LogP contribution is 2.13. The van der Waals surface area contributed by atoms with Crippen LogP contribution in [0.4, 0.5) is 0 Å². The predicted octanol–water partition coefficient (Wildman–Crippen LogP) is 2.68. The Morgan fingerprint density at radius 2 is 2.06 bits per heavy atom. The second-order valence-corrected chi connectivity index (χ2v) is 4.27. The molecule has 92 valence electrons. The summed E-state index contributed by atoms with van der Waals surface area (Å²) in [5, 5.41) is 0.353. The number of aryl methyl sites for hydroxylation is 1. The van der Waals surface area contributed by atoms with Crippen LogP contribution in [0.1, 0.15) is 28.4 Å². The van der Waals surface area contributed by atoms with Crippen molar-refractivity contribution >= 4 is 27.7 Å². The fourth-order valence-electron chi connectivity index (χ4n) is 1.50. The third-order valence-corrected chi connectivity index (χ3v) is 3.02. The highest BCUT2D eigenvalue weighted by molar-refractivity contribution is 9.09. The molecule has 1 rings (SSSR count). The summed E-state index contributed by atoms with van der Waals surface area (Å²) in [7, 11) is 0. The van der Waals surface area contributed by atoms with E-state index in [2.05, 4.69) is 15.9 Å². The number of hydrogen-bond donors (Lipinski definition) is 0. The van der Waals surface area contributed by atoms with Crippen molar-refractivity contribution in [3.63, 3.8) is 0 Å². The average Bonchev–Trinajstić information content (AvgIpc) is 2.31. The first-order valence-corrected chi connectivity index (χ1v) is 6.55. The Morgan fingerprint density at radius 1 is 1.35 bits per heavy atom. The van der Waals surface area contributed by atoms with E-state index in [9.17, 15) is 9.59 Å². The van der Waals surface area contributed by atoms with Crippen molar-refractivity contribution in [3.8, 4) is 0 Å². The average molecular weight is 299 g/mol. The number of benzene rings is 1. The van der Waals surface area contributed by atoms with Gasteiger partial charge in [0.1, 0.15) is 5.78 Å². The molecule has 0 aliphatic heterocycles. The maximum absolute atomic E-state index is 11.5. The quantitative estimate of drug-likeness (QED) is 0.620. The normalized spacial score (nSPS) is 10.1. The van der Waals surface area contributed by atoms with Crippen molar-refractivity contribution in [1.82, 2.24) is 0 Å². The van der Waals surface area contributed by atoms with Gasteiger partial charge in [-0.05, 0) is 37.1 Å². The standard InChI is InChI=1S/C13H15BrO3/c1-3-17-13(16)11-5-4-10(9(2)6-11)7-12(15)8-14/h4-6H,3,7-8H2,1-2H3. The summed E-state index contributed by atoms with van der Waals surface area (Å²) in [6.45, 7) is 4.02. The van der Waals surface area contributed by atoms with E-state index in [4.69, 9.17) is 4.74 Å². The van der Waals surface area contributed by atoms with Gasteiger partial charge in [-0.25, -0.2) is 4.79 Å². The number of esters is 1. The van der Waals surface area contributed by atoms with Gasteiger partial charge in [-0.15, -0.1) is 0 Å². The van der Waals surface area contributed by atoms with Crippen LogP contribution in [0, 0.1) is 6.92 Å². The number of ketones is 1. The number of Topliss-reactive ketones (excluding diaryl/α,β-unsaturated/α-hetero) is 1. The summed E-state index contributed by atoms with van der Waals surface area (Å²) in [4.78, 5) is 22.8. The number of carbonyl (C=O) groups is 2. The van der Waals surface area contributed by atoms with E-state index in [0.29, 0.717) is 23.9 Å². The summed E-state index contributed by atoms with van der Waals surface area (Å²) in [5.41, 5.74) is 2.41. The van der Waals surface area contributed by atoms with Crippen molar-refractivity contribution in [2.75, 3.05) is 11.9 Å². The van der Waals surface area contributed by atoms with Gasteiger partial charge in [-0.1, -0.05) is 22.0 Å². The molecule has 0 saturated carbocycles. The number of alkyl halides is 1. The van der Waals surface area contributed by atoms with Crippen molar-refractivity contribution in [2.24, 2.45) is 0 Å². The van der Waals surface area contributed by atoms with E-state index in [1.165, 1.54) is 0 Å². The molecule has 0 aliphatic rings. The zero-order chi connectivity index (χ0) is 12.8.